The van der Waals surface area contributed by atoms with Crippen LogP contribution in [0.15, 0.2) is 22.7 Å². The van der Waals surface area contributed by atoms with E-state index in [1.165, 1.54) is 6.07 Å². The maximum atomic E-state index is 14.3. The molecule has 3 rings (SSSR count). The van der Waals surface area contributed by atoms with E-state index in [2.05, 4.69) is 32.9 Å². The van der Waals surface area contributed by atoms with Crippen LogP contribution in [0.5, 0.6) is 0 Å². The molecule has 0 spiro atoms. The van der Waals surface area contributed by atoms with Crippen LogP contribution < -0.4 is 0 Å². The standard InChI is InChI=1S/C14H14BrFN4S/c1-3-5-10-11-13(19(2)18-10)20(14(21)17-11)12-8(15)6-4-7-9(12)16/h4,6-7H,3,5H2,1-2H3,(H,17,21). The Morgan fingerprint density at radius 1 is 1.43 bits per heavy atom. The fourth-order valence-corrected chi connectivity index (χ4v) is 3.33. The molecule has 21 heavy (non-hydrogen) atoms. The van der Waals surface area contributed by atoms with Gasteiger partial charge >= 0.3 is 0 Å². The van der Waals surface area contributed by atoms with Crippen LogP contribution >= 0.6 is 28.1 Å². The Bertz CT molecular complexity index is 857. The van der Waals surface area contributed by atoms with Gasteiger partial charge in [-0.2, -0.15) is 5.10 Å². The Hall–Kier alpha value is -1.47. The van der Waals surface area contributed by atoms with Crippen LogP contribution in [-0.4, -0.2) is 19.3 Å². The van der Waals surface area contributed by atoms with Crippen LogP contribution in [0, 0.1) is 10.6 Å². The second-order valence-electron chi connectivity index (χ2n) is 4.85. The van der Waals surface area contributed by atoms with Gasteiger partial charge in [0.05, 0.1) is 11.4 Å². The number of fused-ring (bicyclic) bond motifs is 1. The molecular formula is C14H14BrFN4S. The topological polar surface area (TPSA) is 38.5 Å². The summed E-state index contributed by atoms with van der Waals surface area (Å²) < 4.78 is 18.8. The summed E-state index contributed by atoms with van der Waals surface area (Å²) in [6.07, 6.45) is 1.84. The van der Waals surface area contributed by atoms with Crippen molar-refractivity contribution < 1.29 is 4.39 Å². The lowest BCUT2D eigenvalue weighted by Crippen LogP contribution is -2.04. The number of nitrogens with zero attached hydrogens (tertiary/aromatic N) is 3. The minimum atomic E-state index is -0.334. The maximum Gasteiger partial charge on any atom is 0.184 e. The number of benzene rings is 1. The Labute approximate surface area is 134 Å². The molecule has 0 radical (unpaired) electrons. The molecule has 3 aromatic rings. The quantitative estimate of drug-likeness (QED) is 0.700. The largest absolute Gasteiger partial charge is 0.327 e. The van der Waals surface area contributed by atoms with Gasteiger partial charge in [-0.15, -0.1) is 0 Å². The van der Waals surface area contributed by atoms with Gasteiger partial charge in [-0.1, -0.05) is 19.4 Å². The van der Waals surface area contributed by atoms with Gasteiger partial charge in [0.25, 0.3) is 0 Å². The molecular weight excluding hydrogens is 355 g/mol. The number of hydrogen-bond acceptors (Lipinski definition) is 2. The maximum absolute atomic E-state index is 14.3. The SMILES string of the molecule is CCCc1nn(C)c2c1[nH]c(=S)n2-c1c(F)cccc1Br. The van der Waals surface area contributed by atoms with Crippen molar-refractivity contribution in [2.24, 2.45) is 7.05 Å². The fourth-order valence-electron chi connectivity index (χ4n) is 2.53. The molecule has 2 aromatic heterocycles. The van der Waals surface area contributed by atoms with Gasteiger partial charge < -0.3 is 4.98 Å². The second kappa shape index (κ2) is 5.38. The highest BCUT2D eigenvalue weighted by Gasteiger charge is 2.19. The fraction of sp³-hybridized carbons (Fsp3) is 0.286. The smallest absolute Gasteiger partial charge is 0.184 e. The molecule has 0 aliphatic rings. The first-order chi connectivity index (χ1) is 10.0. The van der Waals surface area contributed by atoms with Crippen LogP contribution in [0.4, 0.5) is 4.39 Å². The van der Waals surface area contributed by atoms with E-state index in [1.54, 1.807) is 21.4 Å². The third kappa shape index (κ3) is 2.24. The summed E-state index contributed by atoms with van der Waals surface area (Å²) in [4.78, 5) is 3.16. The number of aryl methyl sites for hydroxylation is 2. The molecule has 7 heteroatoms. The number of rotatable bonds is 3. The van der Waals surface area contributed by atoms with Gasteiger partial charge in [-0.25, -0.2) is 9.07 Å². The Morgan fingerprint density at radius 2 is 2.19 bits per heavy atom. The van der Waals surface area contributed by atoms with Crippen LogP contribution in [0.2, 0.25) is 0 Å². The first-order valence-corrected chi connectivity index (χ1v) is 7.85. The van der Waals surface area contributed by atoms with Gasteiger partial charge in [0.1, 0.15) is 11.3 Å². The van der Waals surface area contributed by atoms with Gasteiger partial charge in [-0.3, -0.25) is 4.57 Å². The summed E-state index contributed by atoms with van der Waals surface area (Å²) in [7, 11) is 1.84. The molecule has 1 aromatic carbocycles. The number of nitrogens with one attached hydrogen (secondary N) is 1. The number of hydrogen-bond donors (Lipinski definition) is 1. The van der Waals surface area contributed by atoms with E-state index in [1.807, 2.05) is 7.05 Å². The van der Waals surface area contributed by atoms with Gasteiger partial charge in [-0.05, 0) is 46.7 Å². The number of aromatic amines is 1. The minimum absolute atomic E-state index is 0.334. The van der Waals surface area contributed by atoms with Crippen molar-refractivity contribution in [3.63, 3.8) is 0 Å². The molecule has 0 saturated heterocycles. The first kappa shape index (κ1) is 14.5. The van der Waals surface area contributed by atoms with E-state index in [0.29, 0.717) is 14.9 Å². The third-order valence-electron chi connectivity index (χ3n) is 3.38. The molecule has 0 amide bonds. The average Bonchev–Trinajstić information content (AvgIpc) is 2.90. The molecule has 1 N–H and O–H groups in total. The lowest BCUT2D eigenvalue weighted by molar-refractivity contribution is 0.615. The van der Waals surface area contributed by atoms with E-state index in [9.17, 15) is 4.39 Å². The van der Waals surface area contributed by atoms with Crippen LogP contribution in [-0.2, 0) is 13.5 Å². The van der Waals surface area contributed by atoms with E-state index in [4.69, 9.17) is 12.2 Å². The summed E-state index contributed by atoms with van der Waals surface area (Å²) in [5.74, 6) is -0.334. The monoisotopic (exact) mass is 368 g/mol. The lowest BCUT2D eigenvalue weighted by atomic mass is 10.2. The van der Waals surface area contributed by atoms with Crippen molar-refractivity contribution in [2.45, 2.75) is 19.8 Å². The Kier molecular flexibility index (Phi) is 3.71. The van der Waals surface area contributed by atoms with Gasteiger partial charge in [0.15, 0.2) is 10.4 Å². The zero-order valence-electron chi connectivity index (χ0n) is 11.7. The van der Waals surface area contributed by atoms with Crippen LogP contribution in [0.25, 0.3) is 16.9 Å². The summed E-state index contributed by atoms with van der Waals surface area (Å²) >= 11 is 8.79. The Morgan fingerprint density at radius 3 is 2.86 bits per heavy atom. The van der Waals surface area contributed by atoms with Crippen molar-refractivity contribution in [3.05, 3.63) is 39.0 Å². The number of H-pyrrole nitrogens is 1. The molecule has 0 atom stereocenters. The van der Waals surface area contributed by atoms with Crippen molar-refractivity contribution in [3.8, 4) is 5.69 Å². The van der Waals surface area contributed by atoms with Gasteiger partial charge in [0, 0.05) is 11.5 Å². The van der Waals surface area contributed by atoms with Crippen molar-refractivity contribution in [1.29, 1.82) is 0 Å². The van der Waals surface area contributed by atoms with Crippen LogP contribution in [0.3, 0.4) is 0 Å². The number of aromatic nitrogens is 4. The third-order valence-corrected chi connectivity index (χ3v) is 4.31. The van der Waals surface area contributed by atoms with E-state index in [0.717, 1.165) is 29.7 Å². The molecule has 0 saturated carbocycles. The predicted molar refractivity (Wildman–Crippen MR) is 86.9 cm³/mol. The second-order valence-corrected chi connectivity index (χ2v) is 6.10. The number of halogens is 2. The zero-order chi connectivity index (χ0) is 15.1. The number of para-hydroxylation sites is 1. The highest BCUT2D eigenvalue weighted by atomic mass is 79.9. The van der Waals surface area contributed by atoms with E-state index in [-0.39, 0.29) is 5.82 Å². The molecule has 4 nitrogen and oxygen atoms in total. The molecule has 0 fully saturated rings. The summed E-state index contributed by atoms with van der Waals surface area (Å²) in [6.45, 7) is 2.10. The summed E-state index contributed by atoms with van der Waals surface area (Å²) in [5, 5.41) is 4.51. The normalized spacial score (nSPS) is 11.4. The predicted octanol–water partition coefficient (Wildman–Crippen LogP) is 4.28. The molecule has 0 bridgehead atoms. The zero-order valence-corrected chi connectivity index (χ0v) is 14.1. The lowest BCUT2D eigenvalue weighted by Gasteiger charge is -2.08. The highest BCUT2D eigenvalue weighted by Crippen LogP contribution is 2.29. The summed E-state index contributed by atoms with van der Waals surface area (Å²) in [5.41, 5.74) is 3.00. The molecule has 0 aliphatic heterocycles. The number of imidazole rings is 1. The molecule has 0 aliphatic carbocycles. The molecule has 110 valence electrons. The summed E-state index contributed by atoms with van der Waals surface area (Å²) in [6, 6.07) is 4.87. The highest BCUT2D eigenvalue weighted by molar-refractivity contribution is 9.10. The van der Waals surface area contributed by atoms with Crippen molar-refractivity contribution >= 4 is 39.3 Å². The van der Waals surface area contributed by atoms with E-state index < -0.39 is 0 Å². The first-order valence-electron chi connectivity index (χ1n) is 6.65. The van der Waals surface area contributed by atoms with Gasteiger partial charge in [0.2, 0.25) is 0 Å². The molecule has 0 unspecified atom stereocenters. The van der Waals surface area contributed by atoms with Crippen molar-refractivity contribution in [2.75, 3.05) is 0 Å². The minimum Gasteiger partial charge on any atom is -0.327 e. The van der Waals surface area contributed by atoms with E-state index >= 15 is 0 Å². The Balaban J connectivity index is 2.39. The molecule has 2 heterocycles. The van der Waals surface area contributed by atoms with Crippen molar-refractivity contribution in [1.82, 2.24) is 19.3 Å². The van der Waals surface area contributed by atoms with Crippen LogP contribution in [0.1, 0.15) is 19.0 Å². The average molecular weight is 369 g/mol.